The molecule has 132 valence electrons. The zero-order valence-electron chi connectivity index (χ0n) is 14.4. The summed E-state index contributed by atoms with van der Waals surface area (Å²) in [5.41, 5.74) is 2.25. The Labute approximate surface area is 151 Å². The van der Waals surface area contributed by atoms with Crippen molar-refractivity contribution in [1.82, 2.24) is 14.9 Å². The van der Waals surface area contributed by atoms with E-state index in [1.165, 1.54) is 11.3 Å². The number of amides is 1. The summed E-state index contributed by atoms with van der Waals surface area (Å²) in [6, 6.07) is 5.58. The Morgan fingerprint density at radius 2 is 2.16 bits per heavy atom. The van der Waals surface area contributed by atoms with Crippen molar-refractivity contribution in [1.29, 1.82) is 0 Å². The molecule has 6 nitrogen and oxygen atoms in total. The Hall–Kier alpha value is -2.54. The van der Waals surface area contributed by atoms with Gasteiger partial charge < -0.3 is 9.64 Å². The maximum absolute atomic E-state index is 12.0. The number of esters is 1. The second-order valence-electron chi connectivity index (χ2n) is 5.56. The highest BCUT2D eigenvalue weighted by Gasteiger charge is 2.15. The van der Waals surface area contributed by atoms with E-state index in [0.717, 1.165) is 16.3 Å². The standard InChI is InChI=1S/C18H21N3O3S/c1-4-21(10-13(2)3)16(22)11-24-17(23)9-14-12-25-18(20-14)15-7-5-6-8-19-15/h5-8,12H,2,4,9-11H2,1,3H3. The van der Waals surface area contributed by atoms with Crippen molar-refractivity contribution in [2.75, 3.05) is 19.7 Å². The predicted octanol–water partition coefficient (Wildman–Crippen LogP) is 2.72. The second kappa shape index (κ2) is 9.08. The highest BCUT2D eigenvalue weighted by atomic mass is 32.1. The zero-order valence-corrected chi connectivity index (χ0v) is 15.2. The average molecular weight is 359 g/mol. The van der Waals surface area contributed by atoms with Crippen LogP contribution in [0.4, 0.5) is 0 Å². The van der Waals surface area contributed by atoms with Gasteiger partial charge in [-0.25, -0.2) is 4.98 Å². The lowest BCUT2D eigenvalue weighted by Crippen LogP contribution is -2.35. The summed E-state index contributed by atoms with van der Waals surface area (Å²) in [6.07, 6.45) is 1.73. The molecule has 0 aliphatic rings. The van der Waals surface area contributed by atoms with Crippen LogP contribution in [0.1, 0.15) is 19.5 Å². The molecule has 2 heterocycles. The summed E-state index contributed by atoms with van der Waals surface area (Å²) in [6.45, 7) is 8.25. The fourth-order valence-corrected chi connectivity index (χ4v) is 2.92. The van der Waals surface area contributed by atoms with Crippen molar-refractivity contribution in [3.05, 3.63) is 47.6 Å². The number of pyridine rings is 1. The molecule has 0 aromatic carbocycles. The highest BCUT2D eigenvalue weighted by molar-refractivity contribution is 7.13. The van der Waals surface area contributed by atoms with Gasteiger partial charge in [0.05, 0.1) is 17.8 Å². The van der Waals surface area contributed by atoms with Crippen molar-refractivity contribution in [3.8, 4) is 10.7 Å². The van der Waals surface area contributed by atoms with Gasteiger partial charge in [-0.15, -0.1) is 11.3 Å². The van der Waals surface area contributed by atoms with E-state index < -0.39 is 5.97 Å². The molecular formula is C18H21N3O3S. The molecule has 0 unspecified atom stereocenters. The van der Waals surface area contributed by atoms with Gasteiger partial charge in [-0.1, -0.05) is 18.2 Å². The summed E-state index contributed by atoms with van der Waals surface area (Å²) >= 11 is 1.42. The quantitative estimate of drug-likeness (QED) is 0.535. The van der Waals surface area contributed by atoms with Gasteiger partial charge in [0, 0.05) is 24.7 Å². The number of rotatable bonds is 8. The first-order valence-corrected chi connectivity index (χ1v) is 8.81. The molecule has 2 aromatic rings. The van der Waals surface area contributed by atoms with E-state index >= 15 is 0 Å². The predicted molar refractivity (Wildman–Crippen MR) is 97.1 cm³/mol. The van der Waals surface area contributed by atoms with E-state index in [4.69, 9.17) is 4.74 Å². The molecule has 25 heavy (non-hydrogen) atoms. The molecular weight excluding hydrogens is 338 g/mol. The van der Waals surface area contributed by atoms with Gasteiger partial charge in [-0.3, -0.25) is 14.6 Å². The summed E-state index contributed by atoms with van der Waals surface area (Å²) < 4.78 is 5.08. The first-order chi connectivity index (χ1) is 12.0. The Kier molecular flexibility index (Phi) is 6.82. The van der Waals surface area contributed by atoms with Gasteiger partial charge in [0.2, 0.25) is 0 Å². The second-order valence-corrected chi connectivity index (χ2v) is 6.42. The van der Waals surface area contributed by atoms with Gasteiger partial charge in [-0.2, -0.15) is 0 Å². The average Bonchev–Trinajstić information content (AvgIpc) is 3.06. The van der Waals surface area contributed by atoms with Crippen LogP contribution in [0.3, 0.4) is 0 Å². The van der Waals surface area contributed by atoms with Gasteiger partial charge >= 0.3 is 5.97 Å². The SMILES string of the molecule is C=C(C)CN(CC)C(=O)COC(=O)Cc1csc(-c2ccccn2)n1. The Bertz CT molecular complexity index is 743. The van der Waals surface area contributed by atoms with Crippen LogP contribution < -0.4 is 0 Å². The first-order valence-electron chi connectivity index (χ1n) is 7.93. The third kappa shape index (κ3) is 5.79. The minimum Gasteiger partial charge on any atom is -0.455 e. The Morgan fingerprint density at radius 3 is 2.80 bits per heavy atom. The van der Waals surface area contributed by atoms with E-state index in [1.54, 1.807) is 16.5 Å². The Morgan fingerprint density at radius 1 is 1.36 bits per heavy atom. The number of thiazole rings is 1. The van der Waals surface area contributed by atoms with E-state index in [9.17, 15) is 9.59 Å². The highest BCUT2D eigenvalue weighted by Crippen LogP contribution is 2.21. The van der Waals surface area contributed by atoms with E-state index in [-0.39, 0.29) is 18.9 Å². The van der Waals surface area contributed by atoms with E-state index in [0.29, 0.717) is 18.8 Å². The van der Waals surface area contributed by atoms with Crippen molar-refractivity contribution < 1.29 is 14.3 Å². The van der Waals surface area contributed by atoms with Crippen molar-refractivity contribution in [3.63, 3.8) is 0 Å². The maximum atomic E-state index is 12.0. The summed E-state index contributed by atoms with van der Waals surface area (Å²) in [5, 5.41) is 2.55. The van der Waals surface area contributed by atoms with Gasteiger partial charge in [0.15, 0.2) is 6.61 Å². The van der Waals surface area contributed by atoms with Crippen LogP contribution in [0.2, 0.25) is 0 Å². The number of hydrogen-bond donors (Lipinski definition) is 0. The van der Waals surface area contributed by atoms with Crippen molar-refractivity contribution in [2.24, 2.45) is 0 Å². The molecule has 0 aliphatic heterocycles. The molecule has 1 amide bonds. The lowest BCUT2D eigenvalue weighted by molar-refractivity contribution is -0.151. The van der Waals surface area contributed by atoms with Crippen LogP contribution in [0.25, 0.3) is 10.7 Å². The summed E-state index contributed by atoms with van der Waals surface area (Å²) in [4.78, 5) is 34.2. The molecule has 0 saturated heterocycles. The third-order valence-electron chi connectivity index (χ3n) is 3.31. The molecule has 0 atom stereocenters. The minimum absolute atomic E-state index is 0.0310. The molecule has 0 N–H and O–H groups in total. The number of likely N-dealkylation sites (N-methyl/N-ethyl adjacent to an activating group) is 1. The third-order valence-corrected chi connectivity index (χ3v) is 4.23. The molecule has 2 rings (SSSR count). The monoisotopic (exact) mass is 359 g/mol. The van der Waals surface area contributed by atoms with Crippen LogP contribution in [-0.2, 0) is 20.7 Å². The van der Waals surface area contributed by atoms with Crippen LogP contribution in [0.5, 0.6) is 0 Å². The number of carbonyl (C=O) groups is 2. The molecule has 0 radical (unpaired) electrons. The van der Waals surface area contributed by atoms with E-state index in [1.807, 2.05) is 32.0 Å². The molecule has 0 bridgehead atoms. The van der Waals surface area contributed by atoms with Gasteiger partial charge in [0.1, 0.15) is 5.01 Å². The van der Waals surface area contributed by atoms with Crippen molar-refractivity contribution in [2.45, 2.75) is 20.3 Å². The minimum atomic E-state index is -0.474. The largest absolute Gasteiger partial charge is 0.455 e. The smallest absolute Gasteiger partial charge is 0.312 e. The fraction of sp³-hybridized carbons (Fsp3) is 0.333. The number of hydrogen-bond acceptors (Lipinski definition) is 6. The van der Waals surface area contributed by atoms with Gasteiger partial charge in [-0.05, 0) is 26.0 Å². The molecule has 7 heteroatoms. The number of ether oxygens (including phenoxy) is 1. The van der Waals surface area contributed by atoms with Gasteiger partial charge in [0.25, 0.3) is 5.91 Å². The topological polar surface area (TPSA) is 72.4 Å². The summed E-state index contributed by atoms with van der Waals surface area (Å²) in [7, 11) is 0. The maximum Gasteiger partial charge on any atom is 0.312 e. The normalized spacial score (nSPS) is 10.3. The van der Waals surface area contributed by atoms with Crippen molar-refractivity contribution >= 4 is 23.2 Å². The molecule has 0 aliphatic carbocycles. The van der Waals surface area contributed by atoms with Crippen LogP contribution in [0, 0.1) is 0 Å². The lowest BCUT2D eigenvalue weighted by Gasteiger charge is -2.20. The lowest BCUT2D eigenvalue weighted by atomic mass is 10.3. The number of aromatic nitrogens is 2. The fourth-order valence-electron chi connectivity index (χ4n) is 2.13. The Balaban J connectivity index is 1.85. The van der Waals surface area contributed by atoms with Crippen LogP contribution >= 0.6 is 11.3 Å². The number of nitrogens with zero attached hydrogens (tertiary/aromatic N) is 3. The molecule has 0 fully saturated rings. The van der Waals surface area contributed by atoms with E-state index in [2.05, 4.69) is 16.5 Å². The molecule has 2 aromatic heterocycles. The molecule has 0 saturated carbocycles. The zero-order chi connectivity index (χ0) is 18.2. The number of carbonyl (C=O) groups excluding carboxylic acids is 2. The van der Waals surface area contributed by atoms with Crippen LogP contribution in [0.15, 0.2) is 41.9 Å². The van der Waals surface area contributed by atoms with Crippen LogP contribution in [-0.4, -0.2) is 46.4 Å². The first kappa shape index (κ1) is 18.8. The summed E-state index contributed by atoms with van der Waals surface area (Å²) in [5.74, 6) is -0.705. The molecule has 0 spiro atoms.